The number of amides is 2. The molecule has 3 aromatic carbocycles. The van der Waals surface area contributed by atoms with Crippen molar-refractivity contribution in [2.45, 2.75) is 39.2 Å². The Labute approximate surface area is 212 Å². The predicted octanol–water partition coefficient (Wildman–Crippen LogP) is 5.70. The summed E-state index contributed by atoms with van der Waals surface area (Å²) in [6, 6.07) is 23.6. The second kappa shape index (κ2) is 13.9. The minimum absolute atomic E-state index is 0.146. The molecule has 0 aromatic heterocycles. The van der Waals surface area contributed by atoms with E-state index in [1.54, 1.807) is 48.5 Å². The van der Waals surface area contributed by atoms with E-state index in [1.165, 1.54) is 12.8 Å². The fourth-order valence-electron chi connectivity index (χ4n) is 3.38. The molecule has 3 N–H and O–H groups in total. The lowest BCUT2D eigenvalue weighted by Gasteiger charge is -2.12. The van der Waals surface area contributed by atoms with Crippen molar-refractivity contribution in [3.05, 3.63) is 95.6 Å². The SMILES string of the molecule is CCCCCCOc1ccc(C(=O)NC(=S)Nc2cccc(C(=O)NCc3ccccc3)c2)cc1. The zero-order valence-electron chi connectivity index (χ0n) is 19.9. The highest BCUT2D eigenvalue weighted by molar-refractivity contribution is 7.80. The molecular weight excluding hydrogens is 458 g/mol. The van der Waals surface area contributed by atoms with Crippen LogP contribution in [0.25, 0.3) is 0 Å². The molecule has 0 radical (unpaired) electrons. The van der Waals surface area contributed by atoms with E-state index in [2.05, 4.69) is 22.9 Å². The number of ether oxygens (including phenoxy) is 1. The van der Waals surface area contributed by atoms with E-state index in [4.69, 9.17) is 17.0 Å². The van der Waals surface area contributed by atoms with Gasteiger partial charge >= 0.3 is 0 Å². The molecule has 0 unspecified atom stereocenters. The summed E-state index contributed by atoms with van der Waals surface area (Å²) in [7, 11) is 0. The van der Waals surface area contributed by atoms with Gasteiger partial charge in [0.15, 0.2) is 5.11 Å². The maximum absolute atomic E-state index is 12.5. The molecule has 0 saturated heterocycles. The van der Waals surface area contributed by atoms with Crippen molar-refractivity contribution in [2.75, 3.05) is 11.9 Å². The second-order valence-electron chi connectivity index (χ2n) is 8.09. The molecule has 2 amide bonds. The molecule has 0 fully saturated rings. The molecule has 0 bridgehead atoms. The summed E-state index contributed by atoms with van der Waals surface area (Å²) in [5.74, 6) is 0.218. The van der Waals surface area contributed by atoms with Crippen molar-refractivity contribution in [1.29, 1.82) is 0 Å². The standard InChI is InChI=1S/C28H31N3O3S/c1-2-3-4-8-18-34-25-16-14-22(15-17-25)27(33)31-28(35)30-24-13-9-12-23(19-24)26(32)29-20-21-10-6-5-7-11-21/h5-7,9-17,19H,2-4,8,18,20H2,1H3,(H,29,32)(H2,30,31,33,35). The van der Waals surface area contributed by atoms with E-state index in [9.17, 15) is 9.59 Å². The van der Waals surface area contributed by atoms with E-state index < -0.39 is 0 Å². The van der Waals surface area contributed by atoms with Crippen molar-refractivity contribution in [2.24, 2.45) is 0 Å². The van der Waals surface area contributed by atoms with Crippen molar-refractivity contribution < 1.29 is 14.3 Å². The summed E-state index contributed by atoms with van der Waals surface area (Å²) in [5, 5.41) is 8.67. The maximum atomic E-state index is 12.5. The number of anilines is 1. The van der Waals surface area contributed by atoms with Crippen LogP contribution in [0.4, 0.5) is 5.69 Å². The highest BCUT2D eigenvalue weighted by atomic mass is 32.1. The van der Waals surface area contributed by atoms with E-state index in [-0.39, 0.29) is 16.9 Å². The van der Waals surface area contributed by atoms with Crippen LogP contribution in [0.3, 0.4) is 0 Å². The quantitative estimate of drug-likeness (QED) is 0.238. The minimum atomic E-state index is -0.325. The number of carbonyl (C=O) groups is 2. The molecule has 0 heterocycles. The van der Waals surface area contributed by atoms with Gasteiger partial charge in [0.2, 0.25) is 0 Å². The van der Waals surface area contributed by atoms with Gasteiger partial charge in [-0.25, -0.2) is 0 Å². The molecule has 35 heavy (non-hydrogen) atoms. The Morgan fingerprint density at radius 1 is 0.829 bits per heavy atom. The van der Waals surface area contributed by atoms with Crippen molar-refractivity contribution in [3.63, 3.8) is 0 Å². The van der Waals surface area contributed by atoms with E-state index in [0.29, 0.717) is 30.0 Å². The van der Waals surface area contributed by atoms with Crippen LogP contribution in [0.15, 0.2) is 78.9 Å². The number of thiocarbonyl (C=S) groups is 1. The van der Waals surface area contributed by atoms with Crippen molar-refractivity contribution >= 4 is 34.8 Å². The van der Waals surface area contributed by atoms with Crippen LogP contribution in [0.2, 0.25) is 0 Å². The zero-order chi connectivity index (χ0) is 24.9. The number of carbonyl (C=O) groups excluding carboxylic acids is 2. The Balaban J connectivity index is 1.47. The average Bonchev–Trinajstić information content (AvgIpc) is 2.88. The van der Waals surface area contributed by atoms with Gasteiger partial charge in [0.1, 0.15) is 5.75 Å². The monoisotopic (exact) mass is 489 g/mol. The van der Waals surface area contributed by atoms with E-state index in [1.807, 2.05) is 30.3 Å². The van der Waals surface area contributed by atoms with Gasteiger partial charge in [-0.2, -0.15) is 0 Å². The third-order valence-corrected chi connectivity index (χ3v) is 5.49. The van der Waals surface area contributed by atoms with E-state index in [0.717, 1.165) is 24.2 Å². The fraction of sp³-hybridized carbons (Fsp3) is 0.250. The number of rotatable bonds is 11. The van der Waals surface area contributed by atoms with Crippen LogP contribution in [-0.4, -0.2) is 23.5 Å². The number of nitrogens with one attached hydrogen (secondary N) is 3. The van der Waals surface area contributed by atoms with Crippen LogP contribution in [0.1, 0.15) is 58.9 Å². The molecule has 0 saturated carbocycles. The molecular formula is C28H31N3O3S. The molecule has 0 spiro atoms. The first-order chi connectivity index (χ1) is 17.0. The van der Waals surface area contributed by atoms with E-state index >= 15 is 0 Å². The van der Waals surface area contributed by atoms with Crippen LogP contribution in [0.5, 0.6) is 5.75 Å². The number of hydrogen-bond acceptors (Lipinski definition) is 4. The summed E-state index contributed by atoms with van der Waals surface area (Å²) in [6.07, 6.45) is 4.58. The van der Waals surface area contributed by atoms with Gasteiger partial charge in [-0.1, -0.05) is 62.6 Å². The van der Waals surface area contributed by atoms with Crippen molar-refractivity contribution in [1.82, 2.24) is 10.6 Å². The van der Waals surface area contributed by atoms with Gasteiger partial charge in [-0.3, -0.25) is 14.9 Å². The smallest absolute Gasteiger partial charge is 0.257 e. The highest BCUT2D eigenvalue weighted by Gasteiger charge is 2.10. The first kappa shape index (κ1) is 25.9. The molecule has 0 atom stereocenters. The lowest BCUT2D eigenvalue weighted by Crippen LogP contribution is -2.34. The van der Waals surface area contributed by atoms with Crippen LogP contribution in [-0.2, 0) is 6.54 Å². The number of hydrogen-bond donors (Lipinski definition) is 3. The minimum Gasteiger partial charge on any atom is -0.494 e. The van der Waals surface area contributed by atoms with Gasteiger partial charge < -0.3 is 15.4 Å². The summed E-state index contributed by atoms with van der Waals surface area (Å²) in [4.78, 5) is 25.0. The summed E-state index contributed by atoms with van der Waals surface area (Å²) in [5.41, 5.74) is 2.59. The summed E-state index contributed by atoms with van der Waals surface area (Å²) in [6.45, 7) is 3.28. The van der Waals surface area contributed by atoms with Crippen LogP contribution < -0.4 is 20.7 Å². The Kier molecular flexibility index (Phi) is 10.3. The average molecular weight is 490 g/mol. The molecule has 3 aromatic rings. The molecule has 0 aliphatic rings. The molecule has 182 valence electrons. The van der Waals surface area contributed by atoms with Gasteiger partial charge in [0.25, 0.3) is 11.8 Å². The Hall–Kier alpha value is -3.71. The van der Waals surface area contributed by atoms with Crippen LogP contribution in [0, 0.1) is 0 Å². The molecule has 3 rings (SSSR count). The molecule has 0 aliphatic carbocycles. The van der Waals surface area contributed by atoms with Gasteiger partial charge in [0.05, 0.1) is 6.61 Å². The largest absolute Gasteiger partial charge is 0.494 e. The molecule has 0 aliphatic heterocycles. The fourth-order valence-corrected chi connectivity index (χ4v) is 3.59. The van der Waals surface area contributed by atoms with Gasteiger partial charge in [0, 0.05) is 23.4 Å². The number of unbranched alkanes of at least 4 members (excludes halogenated alkanes) is 3. The Morgan fingerprint density at radius 3 is 2.34 bits per heavy atom. The van der Waals surface area contributed by atoms with Gasteiger partial charge in [-0.05, 0) is 66.7 Å². The first-order valence-electron chi connectivity index (χ1n) is 11.8. The lowest BCUT2D eigenvalue weighted by atomic mass is 10.1. The van der Waals surface area contributed by atoms with Crippen molar-refractivity contribution in [3.8, 4) is 5.75 Å². The Morgan fingerprint density at radius 2 is 1.60 bits per heavy atom. The number of benzene rings is 3. The molecule has 6 nitrogen and oxygen atoms in total. The Bertz CT molecular complexity index is 1120. The summed E-state index contributed by atoms with van der Waals surface area (Å²) >= 11 is 5.29. The summed E-state index contributed by atoms with van der Waals surface area (Å²) < 4.78 is 5.72. The highest BCUT2D eigenvalue weighted by Crippen LogP contribution is 2.14. The lowest BCUT2D eigenvalue weighted by molar-refractivity contribution is 0.0948. The normalized spacial score (nSPS) is 10.3. The van der Waals surface area contributed by atoms with Gasteiger partial charge in [-0.15, -0.1) is 0 Å². The predicted molar refractivity (Wildman–Crippen MR) is 144 cm³/mol. The zero-order valence-corrected chi connectivity index (χ0v) is 20.7. The van der Waals surface area contributed by atoms with Crippen LogP contribution >= 0.6 is 12.2 Å². The molecule has 7 heteroatoms. The maximum Gasteiger partial charge on any atom is 0.257 e. The third kappa shape index (κ3) is 8.87. The first-order valence-corrected chi connectivity index (χ1v) is 12.2. The second-order valence-corrected chi connectivity index (χ2v) is 8.50. The third-order valence-electron chi connectivity index (χ3n) is 5.29. The topological polar surface area (TPSA) is 79.5 Å².